The first-order chi connectivity index (χ1) is 20.8. The van der Waals surface area contributed by atoms with Crippen LogP contribution >= 0.6 is 0 Å². The van der Waals surface area contributed by atoms with Gasteiger partial charge in [-0.2, -0.15) is 0 Å². The van der Waals surface area contributed by atoms with Crippen molar-refractivity contribution in [1.82, 2.24) is 40.1 Å². The Morgan fingerprint density at radius 1 is 1.16 bits per heavy atom. The van der Waals surface area contributed by atoms with Crippen molar-refractivity contribution in [2.45, 2.75) is 51.9 Å². The quantitative estimate of drug-likeness (QED) is 0.321. The van der Waals surface area contributed by atoms with Gasteiger partial charge in [-0.3, -0.25) is 19.1 Å². The molecule has 0 saturated carbocycles. The summed E-state index contributed by atoms with van der Waals surface area (Å²) in [6.45, 7) is 5.06. The van der Waals surface area contributed by atoms with Gasteiger partial charge >= 0.3 is 0 Å². The summed E-state index contributed by atoms with van der Waals surface area (Å²) in [5, 5.41) is 24.2. The van der Waals surface area contributed by atoms with Crippen molar-refractivity contribution in [3.05, 3.63) is 71.8 Å². The van der Waals surface area contributed by atoms with Crippen LogP contribution in [0.1, 0.15) is 35.0 Å². The number of aliphatic hydroxyl groups is 1. The molecule has 4 aromatic rings. The summed E-state index contributed by atoms with van der Waals surface area (Å²) in [6, 6.07) is 11.4. The number of carbonyl (C=O) groups is 3. The summed E-state index contributed by atoms with van der Waals surface area (Å²) >= 11 is 0. The molecule has 0 saturated heterocycles. The van der Waals surface area contributed by atoms with Gasteiger partial charge in [-0.15, -0.1) is 5.10 Å². The van der Waals surface area contributed by atoms with Gasteiger partial charge in [0.05, 0.1) is 35.8 Å². The Hall–Kier alpha value is -4.78. The number of ether oxygens (including phenoxy) is 1. The van der Waals surface area contributed by atoms with E-state index >= 15 is 0 Å². The van der Waals surface area contributed by atoms with Crippen LogP contribution in [0.15, 0.2) is 55.0 Å². The lowest BCUT2D eigenvalue weighted by molar-refractivity contribution is -0.132. The minimum atomic E-state index is -1.19. The van der Waals surface area contributed by atoms with Gasteiger partial charge < -0.3 is 29.9 Å². The number of nitrogens with one attached hydrogen (secondary N) is 2. The normalized spacial score (nSPS) is 17.9. The van der Waals surface area contributed by atoms with E-state index in [2.05, 4.69) is 25.9 Å². The third-order valence-corrected chi connectivity index (χ3v) is 7.38. The second-order valence-corrected chi connectivity index (χ2v) is 10.6. The van der Waals surface area contributed by atoms with Crippen molar-refractivity contribution in [1.29, 1.82) is 0 Å². The Kier molecular flexibility index (Phi) is 9.30. The summed E-state index contributed by atoms with van der Waals surface area (Å²) in [5.41, 5.74) is 3.56. The monoisotopic (exact) mass is 588 g/mol. The maximum absolute atomic E-state index is 13.5. The van der Waals surface area contributed by atoms with Crippen LogP contribution in [-0.2, 0) is 29.1 Å². The van der Waals surface area contributed by atoms with Crippen LogP contribution < -0.4 is 15.4 Å². The van der Waals surface area contributed by atoms with Gasteiger partial charge in [0.15, 0.2) is 0 Å². The van der Waals surface area contributed by atoms with Gasteiger partial charge in [-0.1, -0.05) is 23.4 Å². The van der Waals surface area contributed by atoms with Crippen LogP contribution in [0.2, 0.25) is 0 Å². The van der Waals surface area contributed by atoms with Crippen LogP contribution in [0.25, 0.3) is 11.0 Å². The van der Waals surface area contributed by atoms with E-state index in [0.717, 1.165) is 22.3 Å². The number of rotatable bonds is 3. The number of nitrogens with zero attached hydrogens (tertiary/aromatic N) is 6. The Bertz CT molecular complexity index is 1600. The van der Waals surface area contributed by atoms with E-state index in [1.807, 2.05) is 37.4 Å². The van der Waals surface area contributed by atoms with E-state index in [-0.39, 0.29) is 25.5 Å². The van der Waals surface area contributed by atoms with E-state index in [1.165, 1.54) is 6.92 Å². The second-order valence-electron chi connectivity index (χ2n) is 10.6. The van der Waals surface area contributed by atoms with Gasteiger partial charge in [0.25, 0.3) is 5.91 Å². The molecular formula is C30H36N8O5. The molecule has 4 bridgehead atoms. The summed E-state index contributed by atoms with van der Waals surface area (Å²) in [7, 11) is 0. The molecule has 2 aromatic carbocycles. The molecule has 3 amide bonds. The van der Waals surface area contributed by atoms with Crippen LogP contribution in [0, 0.1) is 6.92 Å². The predicted molar refractivity (Wildman–Crippen MR) is 157 cm³/mol. The number of imidazole rings is 1. The fourth-order valence-corrected chi connectivity index (χ4v) is 4.91. The molecule has 0 spiro atoms. The maximum atomic E-state index is 13.5. The first kappa shape index (κ1) is 29.7. The number of carbonyl (C=O) groups excluding carboxylic acids is 3. The van der Waals surface area contributed by atoms with Crippen molar-refractivity contribution < 1.29 is 24.2 Å². The van der Waals surface area contributed by atoms with E-state index < -0.39 is 24.0 Å². The van der Waals surface area contributed by atoms with Gasteiger partial charge in [0.1, 0.15) is 18.3 Å². The SMILES string of the molecule is Cc1ccc2cc1OCCCn1cc(nn1)CCN(C(=O)Cn1cnc3ccccc31)CCNC(=O)[C@H]([C@@H](C)O)NC2=O. The maximum Gasteiger partial charge on any atom is 0.252 e. The number of hydrogen-bond acceptors (Lipinski definition) is 8. The average Bonchev–Trinajstić information content (AvgIpc) is 3.62. The molecule has 13 nitrogen and oxygen atoms in total. The fraction of sp³-hybridized carbons (Fsp3) is 0.400. The van der Waals surface area contributed by atoms with E-state index in [9.17, 15) is 19.5 Å². The Labute approximate surface area is 248 Å². The molecule has 2 atom stereocenters. The minimum absolute atomic E-state index is 0.0754. The molecule has 2 aromatic heterocycles. The smallest absolute Gasteiger partial charge is 0.252 e. The van der Waals surface area contributed by atoms with Crippen molar-refractivity contribution in [2.24, 2.45) is 0 Å². The molecule has 0 aliphatic carbocycles. The lowest BCUT2D eigenvalue weighted by Gasteiger charge is -2.25. The van der Waals surface area contributed by atoms with Crippen molar-refractivity contribution in [3.8, 4) is 5.75 Å². The number of amides is 3. The van der Waals surface area contributed by atoms with Gasteiger partial charge in [-0.25, -0.2) is 4.98 Å². The van der Waals surface area contributed by atoms with Crippen LogP contribution in [-0.4, -0.2) is 90.7 Å². The minimum Gasteiger partial charge on any atom is -0.493 e. The molecule has 226 valence electrons. The third kappa shape index (κ3) is 7.36. The van der Waals surface area contributed by atoms with Crippen LogP contribution in [0.4, 0.5) is 0 Å². The van der Waals surface area contributed by atoms with Crippen molar-refractivity contribution in [3.63, 3.8) is 0 Å². The first-order valence-electron chi connectivity index (χ1n) is 14.4. The molecule has 1 aliphatic heterocycles. The Morgan fingerprint density at radius 2 is 2.00 bits per heavy atom. The predicted octanol–water partition coefficient (Wildman–Crippen LogP) is 1.09. The second kappa shape index (κ2) is 13.5. The number of fused-ring (bicyclic) bond motifs is 5. The molecular weight excluding hydrogens is 552 g/mol. The van der Waals surface area contributed by atoms with Gasteiger partial charge in [0, 0.05) is 50.8 Å². The summed E-state index contributed by atoms with van der Waals surface area (Å²) in [5.74, 6) is -0.662. The number of aryl methyl sites for hydroxylation is 2. The summed E-state index contributed by atoms with van der Waals surface area (Å²) in [4.78, 5) is 45.6. The third-order valence-electron chi connectivity index (χ3n) is 7.38. The first-order valence-corrected chi connectivity index (χ1v) is 14.4. The van der Waals surface area contributed by atoms with Crippen molar-refractivity contribution in [2.75, 3.05) is 26.2 Å². The zero-order valence-corrected chi connectivity index (χ0v) is 24.3. The standard InChI is InChI=1S/C30H36N8O5/c1-20-8-9-22-16-26(20)43-15-5-12-38-17-23(34-35-38)10-13-36(14-11-31-30(42)28(21(2)39)33-29(22)41)27(40)18-37-19-32-24-6-3-4-7-25(24)37/h3-4,6-9,16-17,19,21,28,39H,5,10-15,18H2,1-2H3,(H,31,42)(H,33,41)/t21-,28+/m1/s1. The fourth-order valence-electron chi connectivity index (χ4n) is 4.91. The largest absolute Gasteiger partial charge is 0.493 e. The molecule has 0 fully saturated rings. The van der Waals surface area contributed by atoms with Gasteiger partial charge in [-0.05, 0) is 43.7 Å². The average molecular weight is 589 g/mol. The molecule has 3 N–H and O–H groups in total. The Morgan fingerprint density at radius 3 is 2.84 bits per heavy atom. The van der Waals surface area contributed by atoms with E-state index in [1.54, 1.807) is 38.7 Å². The number of benzene rings is 2. The Balaban J connectivity index is 1.34. The topological polar surface area (TPSA) is 156 Å². The number of aliphatic hydroxyl groups excluding tert-OH is 1. The lowest BCUT2D eigenvalue weighted by Crippen LogP contribution is -2.53. The summed E-state index contributed by atoms with van der Waals surface area (Å²) in [6.07, 6.45) is 3.47. The van der Waals surface area contributed by atoms with Crippen molar-refractivity contribution >= 4 is 28.8 Å². The highest BCUT2D eigenvalue weighted by Crippen LogP contribution is 2.20. The van der Waals surface area contributed by atoms with Gasteiger partial charge in [0.2, 0.25) is 11.8 Å². The molecule has 3 heterocycles. The zero-order chi connectivity index (χ0) is 30.3. The number of aromatic nitrogens is 5. The molecule has 0 radical (unpaired) electrons. The molecule has 5 rings (SSSR count). The van der Waals surface area contributed by atoms with E-state index in [4.69, 9.17) is 4.74 Å². The highest BCUT2D eigenvalue weighted by molar-refractivity contribution is 5.98. The highest BCUT2D eigenvalue weighted by atomic mass is 16.5. The summed E-state index contributed by atoms with van der Waals surface area (Å²) < 4.78 is 9.48. The lowest BCUT2D eigenvalue weighted by atomic mass is 10.1. The van der Waals surface area contributed by atoms with Crippen LogP contribution in [0.3, 0.4) is 0 Å². The molecule has 1 aliphatic rings. The zero-order valence-electron chi connectivity index (χ0n) is 24.3. The van der Waals surface area contributed by atoms with E-state index in [0.29, 0.717) is 43.9 Å². The molecule has 43 heavy (non-hydrogen) atoms. The molecule has 0 unspecified atom stereocenters. The number of hydrogen-bond donors (Lipinski definition) is 3. The molecule has 13 heteroatoms. The number of para-hydroxylation sites is 2. The van der Waals surface area contributed by atoms with Crippen LogP contribution in [0.5, 0.6) is 5.75 Å². The highest BCUT2D eigenvalue weighted by Gasteiger charge is 2.27.